The van der Waals surface area contributed by atoms with E-state index in [9.17, 15) is 9.00 Å². The van der Waals surface area contributed by atoms with Gasteiger partial charge < -0.3 is 9.64 Å². The lowest BCUT2D eigenvalue weighted by molar-refractivity contribution is 0.0125. The van der Waals surface area contributed by atoms with Crippen LogP contribution in [0.15, 0.2) is 17.4 Å². The molecule has 1 aromatic rings. The number of carbonyl (C=O) groups is 1. The van der Waals surface area contributed by atoms with E-state index in [0.717, 1.165) is 19.3 Å². The monoisotopic (exact) mass is 359 g/mol. The van der Waals surface area contributed by atoms with E-state index in [-0.39, 0.29) is 17.3 Å². The van der Waals surface area contributed by atoms with E-state index in [2.05, 4.69) is 9.97 Å². The van der Waals surface area contributed by atoms with Gasteiger partial charge in [0.1, 0.15) is 22.1 Å². The molecule has 6 nitrogen and oxygen atoms in total. The normalized spacial score (nSPS) is 20.2. The van der Waals surface area contributed by atoms with Crippen LogP contribution < -0.4 is 0 Å². The zero-order valence-electron chi connectivity index (χ0n) is 13.6. The predicted molar refractivity (Wildman–Crippen MR) is 88.9 cm³/mol. The number of aromatic nitrogens is 2. The largest absolute Gasteiger partial charge is 0.444 e. The fourth-order valence-electron chi connectivity index (χ4n) is 2.44. The van der Waals surface area contributed by atoms with Crippen molar-refractivity contribution in [2.45, 2.75) is 56.7 Å². The first-order valence-corrected chi connectivity index (χ1v) is 9.31. The lowest BCUT2D eigenvalue weighted by Gasteiger charge is -2.36. The predicted octanol–water partition coefficient (Wildman–Crippen LogP) is 3.03. The topological polar surface area (TPSA) is 72.4 Å². The van der Waals surface area contributed by atoms with E-state index < -0.39 is 16.4 Å². The van der Waals surface area contributed by atoms with Gasteiger partial charge in [-0.2, -0.15) is 0 Å². The van der Waals surface area contributed by atoms with Crippen molar-refractivity contribution in [3.05, 3.63) is 17.5 Å². The van der Waals surface area contributed by atoms with Gasteiger partial charge in [-0.1, -0.05) is 11.6 Å². The van der Waals surface area contributed by atoms with E-state index in [4.69, 9.17) is 16.3 Å². The molecule has 8 heteroatoms. The summed E-state index contributed by atoms with van der Waals surface area (Å²) in [4.78, 5) is 21.8. The molecule has 2 heterocycles. The molecule has 2 atom stereocenters. The minimum absolute atomic E-state index is 0.117. The Hall–Kier alpha value is -1.21. The lowest BCUT2D eigenvalue weighted by atomic mass is 10.0. The number of amides is 1. The van der Waals surface area contributed by atoms with Crippen molar-refractivity contribution >= 4 is 28.5 Å². The molecule has 0 aliphatic carbocycles. The molecule has 23 heavy (non-hydrogen) atoms. The van der Waals surface area contributed by atoms with Gasteiger partial charge in [0.05, 0.1) is 16.6 Å². The third-order valence-corrected chi connectivity index (χ3v) is 5.02. The molecular weight excluding hydrogens is 338 g/mol. The highest BCUT2D eigenvalue weighted by atomic mass is 35.5. The Morgan fingerprint density at radius 1 is 1.43 bits per heavy atom. The van der Waals surface area contributed by atoms with Gasteiger partial charge in [0.15, 0.2) is 0 Å². The third kappa shape index (κ3) is 5.42. The van der Waals surface area contributed by atoms with Crippen molar-refractivity contribution in [2.24, 2.45) is 0 Å². The number of hydrogen-bond donors (Lipinski definition) is 0. The van der Waals surface area contributed by atoms with E-state index in [0.29, 0.717) is 17.3 Å². The first kappa shape index (κ1) is 18.1. The summed E-state index contributed by atoms with van der Waals surface area (Å²) in [5, 5.41) is 0.649. The van der Waals surface area contributed by atoms with Gasteiger partial charge in [0.2, 0.25) is 0 Å². The smallest absolute Gasteiger partial charge is 0.410 e. The molecule has 1 aromatic heterocycles. The number of halogens is 1. The highest BCUT2D eigenvalue weighted by molar-refractivity contribution is 7.85. The summed E-state index contributed by atoms with van der Waals surface area (Å²) in [6.45, 7) is 6.14. The van der Waals surface area contributed by atoms with Crippen LogP contribution in [0.3, 0.4) is 0 Å². The highest BCUT2D eigenvalue weighted by Gasteiger charge is 2.31. The van der Waals surface area contributed by atoms with Gasteiger partial charge in [-0.05, 0) is 40.0 Å². The molecule has 0 spiro atoms. The van der Waals surface area contributed by atoms with Crippen molar-refractivity contribution in [3.63, 3.8) is 0 Å². The van der Waals surface area contributed by atoms with Crippen molar-refractivity contribution in [3.8, 4) is 0 Å². The number of rotatable bonds is 3. The number of ether oxygens (including phenoxy) is 1. The maximum atomic E-state index is 12.5. The minimum Gasteiger partial charge on any atom is -0.444 e. The summed E-state index contributed by atoms with van der Waals surface area (Å²) < 4.78 is 18.0. The molecule has 0 unspecified atom stereocenters. The Morgan fingerprint density at radius 2 is 2.17 bits per heavy atom. The molecular formula is C15H22ClN3O3S. The second-order valence-electron chi connectivity index (χ2n) is 6.51. The van der Waals surface area contributed by atoms with Crippen LogP contribution in [-0.2, 0) is 15.5 Å². The van der Waals surface area contributed by atoms with Gasteiger partial charge in [0.25, 0.3) is 0 Å². The fraction of sp³-hybridized carbons (Fsp3) is 0.667. The minimum atomic E-state index is -1.34. The summed E-state index contributed by atoms with van der Waals surface area (Å²) in [5.74, 6) is 0.326. The molecule has 0 N–H and O–H groups in total. The standard InChI is InChI=1S/C15H22ClN3O3S/c1-15(2,3)22-14(20)19-7-5-4-6-11(19)9-23(21)13-8-12(16)17-10-18-13/h8,10-11H,4-7,9H2,1-3H3/t11-,23+/m0/s1. The number of piperidine rings is 1. The maximum absolute atomic E-state index is 12.5. The molecule has 128 valence electrons. The molecule has 1 aliphatic heterocycles. The molecule has 1 saturated heterocycles. The summed E-state index contributed by atoms with van der Waals surface area (Å²) in [6.07, 6.45) is 3.69. The fourth-order valence-corrected chi connectivity index (χ4v) is 3.92. The first-order valence-electron chi connectivity index (χ1n) is 7.62. The summed E-state index contributed by atoms with van der Waals surface area (Å²) in [5.41, 5.74) is -0.543. The van der Waals surface area contributed by atoms with Crippen molar-refractivity contribution in [1.82, 2.24) is 14.9 Å². The molecule has 2 rings (SSSR count). The van der Waals surface area contributed by atoms with Crippen molar-refractivity contribution in [2.75, 3.05) is 12.3 Å². The summed E-state index contributed by atoms with van der Waals surface area (Å²) in [6, 6.07) is 1.38. The molecule has 1 fully saturated rings. The van der Waals surface area contributed by atoms with Crippen LogP contribution >= 0.6 is 11.6 Å². The van der Waals surface area contributed by atoms with Crippen LogP contribution in [0.25, 0.3) is 0 Å². The van der Waals surface area contributed by atoms with Crippen LogP contribution in [0.1, 0.15) is 40.0 Å². The Kier molecular flexibility index (Phi) is 5.97. The average Bonchev–Trinajstić information content (AvgIpc) is 2.46. The number of carbonyl (C=O) groups excluding carboxylic acids is 1. The maximum Gasteiger partial charge on any atom is 0.410 e. The van der Waals surface area contributed by atoms with Crippen molar-refractivity contribution in [1.29, 1.82) is 0 Å². The number of likely N-dealkylation sites (tertiary alicyclic amines) is 1. The second kappa shape index (κ2) is 7.57. The Balaban J connectivity index is 2.06. The van der Waals surface area contributed by atoms with Gasteiger partial charge >= 0.3 is 6.09 Å². The van der Waals surface area contributed by atoms with Crippen LogP contribution in [-0.4, -0.2) is 49.1 Å². The van der Waals surface area contributed by atoms with Gasteiger partial charge in [-0.3, -0.25) is 4.21 Å². The molecule has 0 aromatic carbocycles. The van der Waals surface area contributed by atoms with Crippen molar-refractivity contribution < 1.29 is 13.7 Å². The molecule has 0 bridgehead atoms. The SMILES string of the molecule is CC(C)(C)OC(=O)N1CCCC[C@H]1C[S@@](=O)c1cc(Cl)ncn1. The highest BCUT2D eigenvalue weighted by Crippen LogP contribution is 2.22. The second-order valence-corrected chi connectivity index (χ2v) is 8.34. The van der Waals surface area contributed by atoms with E-state index >= 15 is 0 Å². The van der Waals surface area contributed by atoms with E-state index in [1.54, 1.807) is 4.90 Å². The van der Waals surface area contributed by atoms with Gasteiger partial charge in [-0.15, -0.1) is 0 Å². The summed E-state index contributed by atoms with van der Waals surface area (Å²) >= 11 is 5.81. The van der Waals surface area contributed by atoms with Gasteiger partial charge in [0, 0.05) is 18.7 Å². The molecule has 1 amide bonds. The number of hydrogen-bond acceptors (Lipinski definition) is 5. The van der Waals surface area contributed by atoms with Crippen LogP contribution in [0.5, 0.6) is 0 Å². The molecule has 1 aliphatic rings. The quantitative estimate of drug-likeness (QED) is 0.775. The van der Waals surface area contributed by atoms with Gasteiger partial charge in [-0.25, -0.2) is 14.8 Å². The average molecular weight is 360 g/mol. The molecule has 0 radical (unpaired) electrons. The van der Waals surface area contributed by atoms with Crippen LogP contribution in [0.4, 0.5) is 4.79 Å². The Morgan fingerprint density at radius 3 is 2.83 bits per heavy atom. The zero-order valence-corrected chi connectivity index (χ0v) is 15.2. The molecule has 0 saturated carbocycles. The first-order chi connectivity index (χ1) is 10.8. The number of nitrogens with zero attached hydrogens (tertiary/aromatic N) is 3. The van der Waals surface area contributed by atoms with E-state index in [1.165, 1.54) is 12.4 Å². The zero-order chi connectivity index (χ0) is 17.0. The van der Waals surface area contributed by atoms with E-state index in [1.807, 2.05) is 20.8 Å². The Bertz CT molecular complexity index is 592. The third-order valence-electron chi connectivity index (χ3n) is 3.44. The Labute approximate surface area is 144 Å². The van der Waals surface area contributed by atoms with Crippen LogP contribution in [0.2, 0.25) is 5.15 Å². The van der Waals surface area contributed by atoms with Crippen LogP contribution in [0, 0.1) is 0 Å². The summed E-state index contributed by atoms with van der Waals surface area (Å²) in [7, 11) is -1.34. The lowest BCUT2D eigenvalue weighted by Crippen LogP contribution is -2.48.